The molecule has 3 aromatic carbocycles. The topological polar surface area (TPSA) is 83.5 Å². The Kier molecular flexibility index (Phi) is 7.42. The van der Waals surface area contributed by atoms with E-state index in [0.29, 0.717) is 22.7 Å². The Morgan fingerprint density at radius 3 is 2.49 bits per heavy atom. The van der Waals surface area contributed by atoms with E-state index in [0.717, 1.165) is 21.9 Å². The monoisotopic (exact) mass is 511 g/mol. The average Bonchev–Trinajstić information content (AvgIpc) is 3.20. The van der Waals surface area contributed by atoms with Crippen LogP contribution in [0, 0.1) is 6.92 Å². The lowest BCUT2D eigenvalue weighted by molar-refractivity contribution is -0.138. The van der Waals surface area contributed by atoms with Crippen LogP contribution in [0.25, 0.3) is 5.69 Å². The van der Waals surface area contributed by atoms with Gasteiger partial charge in [0.05, 0.1) is 17.0 Å². The van der Waals surface area contributed by atoms with Gasteiger partial charge in [0.2, 0.25) is 0 Å². The Morgan fingerprint density at radius 2 is 1.76 bits per heavy atom. The number of aromatic nitrogens is 4. The summed E-state index contributed by atoms with van der Waals surface area (Å²) in [5.74, 6) is 0.537. The van der Waals surface area contributed by atoms with Crippen LogP contribution in [0.4, 0.5) is 13.2 Å². The normalized spacial score (nSPS) is 12.0. The molecule has 0 spiro atoms. The smallest absolute Gasteiger partial charge is 0.416 e. The fourth-order valence-electron chi connectivity index (χ4n) is 3.68. The molecule has 0 atom stereocenters. The van der Waals surface area contributed by atoms with E-state index in [1.165, 1.54) is 29.9 Å². The van der Waals surface area contributed by atoms with Crippen molar-refractivity contribution in [3.63, 3.8) is 0 Å². The van der Waals surface area contributed by atoms with E-state index in [1.54, 1.807) is 37.3 Å². The van der Waals surface area contributed by atoms with Gasteiger partial charge in [-0.3, -0.25) is 0 Å². The van der Waals surface area contributed by atoms with Gasteiger partial charge in [-0.05, 0) is 54.1 Å². The summed E-state index contributed by atoms with van der Waals surface area (Å²) < 4.78 is 47.9. The van der Waals surface area contributed by atoms with Crippen molar-refractivity contribution < 1.29 is 22.7 Å². The second-order valence-electron chi connectivity index (χ2n) is 8.29. The Bertz CT molecular complexity index is 1490. The van der Waals surface area contributed by atoms with E-state index in [1.807, 2.05) is 19.1 Å². The highest BCUT2D eigenvalue weighted by Gasteiger charge is 2.33. The second kappa shape index (κ2) is 10.7. The molecule has 0 bridgehead atoms. The highest BCUT2D eigenvalue weighted by atomic mass is 19.4. The number of benzene rings is 3. The average molecular weight is 512 g/mol. The van der Waals surface area contributed by atoms with E-state index in [2.05, 4.69) is 15.6 Å². The fourth-order valence-corrected chi connectivity index (χ4v) is 3.68. The summed E-state index contributed by atoms with van der Waals surface area (Å²) in [5, 5.41) is 11.7. The maximum atomic E-state index is 13.2. The second-order valence-corrected chi connectivity index (χ2v) is 8.29. The number of tetrazole rings is 1. The van der Waals surface area contributed by atoms with Crippen molar-refractivity contribution in [3.05, 3.63) is 105 Å². The van der Waals surface area contributed by atoms with E-state index in [-0.39, 0.29) is 24.5 Å². The molecule has 11 heteroatoms. The SMILES string of the molecule is CC(=NOCc1ccccc1C(F)(F)F)c1cccc(OCc2c(C)cccc2-n2nnn(C)c2=O)c1. The Labute approximate surface area is 210 Å². The van der Waals surface area contributed by atoms with Gasteiger partial charge in [-0.1, -0.05) is 47.6 Å². The van der Waals surface area contributed by atoms with Crippen LogP contribution in [-0.2, 0) is 31.3 Å². The summed E-state index contributed by atoms with van der Waals surface area (Å²) in [6.07, 6.45) is -4.47. The summed E-state index contributed by atoms with van der Waals surface area (Å²) in [7, 11) is 1.52. The third kappa shape index (κ3) is 5.88. The minimum absolute atomic E-state index is 0.000110. The van der Waals surface area contributed by atoms with Gasteiger partial charge in [-0.25, -0.2) is 4.79 Å². The fraction of sp³-hybridized carbons (Fsp3) is 0.231. The number of nitrogens with zero attached hydrogens (tertiary/aromatic N) is 5. The molecule has 0 amide bonds. The van der Waals surface area contributed by atoms with E-state index >= 15 is 0 Å². The zero-order chi connectivity index (χ0) is 26.6. The molecule has 0 aliphatic carbocycles. The van der Waals surface area contributed by atoms with Crippen LogP contribution in [0.15, 0.2) is 76.7 Å². The zero-order valence-corrected chi connectivity index (χ0v) is 20.4. The van der Waals surface area contributed by atoms with Crippen molar-refractivity contribution in [2.75, 3.05) is 0 Å². The lowest BCUT2D eigenvalue weighted by Gasteiger charge is -2.13. The molecule has 4 rings (SSSR count). The number of rotatable bonds is 8. The number of ether oxygens (including phenoxy) is 1. The predicted octanol–water partition coefficient (Wildman–Crippen LogP) is 4.81. The van der Waals surface area contributed by atoms with Gasteiger partial charge in [0.25, 0.3) is 0 Å². The molecule has 0 radical (unpaired) electrons. The minimum Gasteiger partial charge on any atom is -0.489 e. The van der Waals surface area contributed by atoms with Crippen molar-refractivity contribution in [2.45, 2.75) is 33.2 Å². The lowest BCUT2D eigenvalue weighted by Crippen LogP contribution is -2.23. The van der Waals surface area contributed by atoms with Crippen LogP contribution >= 0.6 is 0 Å². The summed E-state index contributed by atoms with van der Waals surface area (Å²) in [6.45, 7) is 3.44. The van der Waals surface area contributed by atoms with E-state index < -0.39 is 11.7 Å². The van der Waals surface area contributed by atoms with Crippen LogP contribution < -0.4 is 10.4 Å². The van der Waals surface area contributed by atoms with Gasteiger partial charge < -0.3 is 9.57 Å². The zero-order valence-electron chi connectivity index (χ0n) is 20.4. The molecule has 37 heavy (non-hydrogen) atoms. The third-order valence-electron chi connectivity index (χ3n) is 5.71. The Balaban J connectivity index is 1.47. The molecule has 0 aliphatic rings. The van der Waals surface area contributed by atoms with Gasteiger partial charge >= 0.3 is 11.9 Å². The summed E-state index contributed by atoms with van der Waals surface area (Å²) in [5.41, 5.74) is 2.27. The molecule has 4 aromatic rings. The molecule has 0 saturated heterocycles. The molecule has 0 aliphatic heterocycles. The summed E-state index contributed by atoms with van der Waals surface area (Å²) in [6, 6.07) is 17.8. The van der Waals surface area contributed by atoms with Crippen molar-refractivity contribution in [3.8, 4) is 11.4 Å². The number of hydrogen-bond donors (Lipinski definition) is 0. The maximum Gasteiger partial charge on any atom is 0.416 e. The molecular weight excluding hydrogens is 487 g/mol. The van der Waals surface area contributed by atoms with Crippen molar-refractivity contribution in [2.24, 2.45) is 12.2 Å². The van der Waals surface area contributed by atoms with Crippen molar-refractivity contribution in [1.29, 1.82) is 0 Å². The van der Waals surface area contributed by atoms with Crippen LogP contribution in [0.1, 0.15) is 34.7 Å². The molecule has 0 fully saturated rings. The van der Waals surface area contributed by atoms with Crippen LogP contribution in [0.3, 0.4) is 0 Å². The number of halogens is 3. The van der Waals surface area contributed by atoms with Crippen LogP contribution in [0.2, 0.25) is 0 Å². The summed E-state index contributed by atoms with van der Waals surface area (Å²) in [4.78, 5) is 17.6. The standard InChI is InChI=1S/C26H24F3N5O3/c1-17-8-6-13-24(34-25(35)33(3)31-32-34)22(17)16-36-21-11-7-10-19(14-21)18(2)30-37-15-20-9-4-5-12-23(20)26(27,28)29/h4-14H,15-16H2,1-3H3. The number of oxime groups is 1. The van der Waals surface area contributed by atoms with Crippen molar-refractivity contribution >= 4 is 5.71 Å². The molecule has 192 valence electrons. The van der Waals surface area contributed by atoms with Crippen molar-refractivity contribution in [1.82, 2.24) is 19.8 Å². The molecule has 0 unspecified atom stereocenters. The highest BCUT2D eigenvalue weighted by Crippen LogP contribution is 2.32. The van der Waals surface area contributed by atoms with Gasteiger partial charge in [0.15, 0.2) is 0 Å². The van der Waals surface area contributed by atoms with Crippen LogP contribution in [0.5, 0.6) is 5.75 Å². The predicted molar refractivity (Wildman–Crippen MR) is 131 cm³/mol. The van der Waals surface area contributed by atoms with Gasteiger partial charge in [-0.15, -0.1) is 0 Å². The number of alkyl halides is 3. The highest BCUT2D eigenvalue weighted by molar-refractivity contribution is 5.98. The molecular formula is C26H24F3N5O3. The minimum atomic E-state index is -4.47. The van der Waals surface area contributed by atoms with Gasteiger partial charge in [0.1, 0.15) is 19.0 Å². The molecule has 1 aromatic heterocycles. The Hall–Kier alpha value is -4.41. The first kappa shape index (κ1) is 25.7. The largest absolute Gasteiger partial charge is 0.489 e. The maximum absolute atomic E-state index is 13.2. The number of aryl methyl sites for hydroxylation is 2. The van der Waals surface area contributed by atoms with Gasteiger partial charge in [0, 0.05) is 23.7 Å². The Morgan fingerprint density at radius 1 is 1.00 bits per heavy atom. The van der Waals surface area contributed by atoms with Crippen LogP contribution in [-0.4, -0.2) is 25.5 Å². The molecule has 0 N–H and O–H groups in total. The van der Waals surface area contributed by atoms with E-state index in [4.69, 9.17) is 9.57 Å². The molecule has 1 heterocycles. The molecule has 8 nitrogen and oxygen atoms in total. The quantitative estimate of drug-likeness (QED) is 0.250. The van der Waals surface area contributed by atoms with Gasteiger partial charge in [-0.2, -0.15) is 22.5 Å². The molecule has 0 saturated carbocycles. The third-order valence-corrected chi connectivity index (χ3v) is 5.71. The first-order chi connectivity index (χ1) is 17.6. The first-order valence-corrected chi connectivity index (χ1v) is 11.3. The first-order valence-electron chi connectivity index (χ1n) is 11.3. The summed E-state index contributed by atoms with van der Waals surface area (Å²) >= 11 is 0. The van der Waals surface area contributed by atoms with E-state index in [9.17, 15) is 18.0 Å². The number of hydrogen-bond acceptors (Lipinski definition) is 6. The lowest BCUT2D eigenvalue weighted by atomic mass is 10.1.